The Kier molecular flexibility index (Phi) is 4.89. The van der Waals surface area contributed by atoms with Gasteiger partial charge in [-0.3, -0.25) is 9.59 Å². The number of rotatable bonds is 5. The van der Waals surface area contributed by atoms with E-state index in [2.05, 4.69) is 5.32 Å². The molecule has 0 aliphatic carbocycles. The lowest BCUT2D eigenvalue weighted by Crippen LogP contribution is -2.48. The SMILES string of the molecule is COCC(N)C(=O)NC1CC(=O)N(C(C)C)C1. The number of nitrogens with one attached hydrogen (secondary N) is 1. The Morgan fingerprint density at radius 1 is 1.65 bits per heavy atom. The van der Waals surface area contributed by atoms with Gasteiger partial charge >= 0.3 is 0 Å². The molecule has 1 saturated heterocycles. The van der Waals surface area contributed by atoms with Gasteiger partial charge in [0, 0.05) is 26.1 Å². The van der Waals surface area contributed by atoms with E-state index < -0.39 is 6.04 Å². The fraction of sp³-hybridized carbons (Fsp3) is 0.818. The van der Waals surface area contributed by atoms with Crippen LogP contribution in [-0.4, -0.2) is 55.1 Å². The van der Waals surface area contributed by atoms with Gasteiger partial charge in [-0.05, 0) is 13.8 Å². The third-order valence-corrected chi connectivity index (χ3v) is 2.81. The van der Waals surface area contributed by atoms with E-state index in [1.54, 1.807) is 4.90 Å². The highest BCUT2D eigenvalue weighted by Crippen LogP contribution is 2.14. The highest BCUT2D eigenvalue weighted by molar-refractivity contribution is 5.84. The van der Waals surface area contributed by atoms with Crippen LogP contribution in [0.1, 0.15) is 20.3 Å². The number of ether oxygens (including phenoxy) is 1. The van der Waals surface area contributed by atoms with E-state index in [1.807, 2.05) is 13.8 Å². The van der Waals surface area contributed by atoms with Crippen molar-refractivity contribution in [2.24, 2.45) is 5.73 Å². The molecule has 0 saturated carbocycles. The van der Waals surface area contributed by atoms with Crippen LogP contribution in [0.15, 0.2) is 0 Å². The Morgan fingerprint density at radius 3 is 2.76 bits per heavy atom. The Labute approximate surface area is 101 Å². The number of carbonyl (C=O) groups is 2. The van der Waals surface area contributed by atoms with Gasteiger partial charge in [0.1, 0.15) is 6.04 Å². The van der Waals surface area contributed by atoms with Gasteiger partial charge in [0.05, 0.1) is 12.6 Å². The minimum Gasteiger partial charge on any atom is -0.383 e. The number of amides is 2. The summed E-state index contributed by atoms with van der Waals surface area (Å²) in [5, 5.41) is 2.77. The molecule has 0 aromatic carbocycles. The number of hydrogen-bond acceptors (Lipinski definition) is 4. The fourth-order valence-electron chi connectivity index (χ4n) is 1.89. The van der Waals surface area contributed by atoms with Crippen LogP contribution in [0.4, 0.5) is 0 Å². The lowest BCUT2D eigenvalue weighted by Gasteiger charge is -2.21. The van der Waals surface area contributed by atoms with E-state index in [0.717, 1.165) is 0 Å². The molecule has 0 aromatic rings. The largest absolute Gasteiger partial charge is 0.383 e. The van der Waals surface area contributed by atoms with Crippen molar-refractivity contribution in [2.75, 3.05) is 20.3 Å². The Hall–Kier alpha value is -1.14. The van der Waals surface area contributed by atoms with E-state index in [9.17, 15) is 9.59 Å². The maximum Gasteiger partial charge on any atom is 0.239 e. The molecule has 1 fully saturated rings. The summed E-state index contributed by atoms with van der Waals surface area (Å²) in [6, 6.07) is -0.652. The lowest BCUT2D eigenvalue weighted by atomic mass is 10.2. The first kappa shape index (κ1) is 13.9. The molecule has 2 unspecified atom stereocenters. The van der Waals surface area contributed by atoms with Crippen LogP contribution < -0.4 is 11.1 Å². The Morgan fingerprint density at radius 2 is 2.29 bits per heavy atom. The first-order valence-corrected chi connectivity index (χ1v) is 5.80. The van der Waals surface area contributed by atoms with Gasteiger partial charge in [-0.1, -0.05) is 0 Å². The third kappa shape index (κ3) is 3.67. The van der Waals surface area contributed by atoms with Crippen molar-refractivity contribution >= 4 is 11.8 Å². The second kappa shape index (κ2) is 5.97. The molecule has 6 heteroatoms. The second-order valence-electron chi connectivity index (χ2n) is 4.61. The zero-order valence-electron chi connectivity index (χ0n) is 10.6. The van der Waals surface area contributed by atoms with E-state index in [0.29, 0.717) is 13.0 Å². The van der Waals surface area contributed by atoms with Gasteiger partial charge < -0.3 is 20.7 Å². The van der Waals surface area contributed by atoms with Crippen LogP contribution in [0, 0.1) is 0 Å². The summed E-state index contributed by atoms with van der Waals surface area (Å²) < 4.78 is 4.81. The molecule has 17 heavy (non-hydrogen) atoms. The molecule has 1 heterocycles. The summed E-state index contributed by atoms with van der Waals surface area (Å²) in [5.41, 5.74) is 5.60. The van der Waals surface area contributed by atoms with Crippen molar-refractivity contribution in [1.82, 2.24) is 10.2 Å². The smallest absolute Gasteiger partial charge is 0.239 e. The summed E-state index contributed by atoms with van der Waals surface area (Å²) in [6.07, 6.45) is 0.351. The molecule has 3 N–H and O–H groups in total. The van der Waals surface area contributed by atoms with E-state index in [1.165, 1.54) is 7.11 Å². The monoisotopic (exact) mass is 243 g/mol. The van der Waals surface area contributed by atoms with Crippen molar-refractivity contribution in [2.45, 2.75) is 38.4 Å². The van der Waals surface area contributed by atoms with Gasteiger partial charge in [-0.15, -0.1) is 0 Å². The summed E-state index contributed by atoms with van der Waals surface area (Å²) in [5.74, 6) is -0.194. The number of likely N-dealkylation sites (tertiary alicyclic amines) is 1. The first-order chi connectivity index (χ1) is 7.95. The number of carbonyl (C=O) groups excluding carboxylic acids is 2. The van der Waals surface area contributed by atoms with Crippen LogP contribution in [0.25, 0.3) is 0 Å². The molecule has 1 rings (SSSR count). The minimum absolute atomic E-state index is 0.0746. The quantitative estimate of drug-likeness (QED) is 0.654. The summed E-state index contributed by atoms with van der Waals surface area (Å²) in [4.78, 5) is 25.0. The molecular formula is C11H21N3O3. The predicted molar refractivity (Wildman–Crippen MR) is 63.2 cm³/mol. The maximum absolute atomic E-state index is 11.6. The maximum atomic E-state index is 11.6. The molecule has 98 valence electrons. The van der Waals surface area contributed by atoms with Gasteiger partial charge in [-0.25, -0.2) is 0 Å². The molecular weight excluding hydrogens is 222 g/mol. The lowest BCUT2D eigenvalue weighted by molar-refractivity contribution is -0.129. The molecule has 0 spiro atoms. The number of nitrogens with two attached hydrogens (primary N) is 1. The highest BCUT2D eigenvalue weighted by Gasteiger charge is 2.32. The van der Waals surface area contributed by atoms with Crippen LogP contribution in [0.3, 0.4) is 0 Å². The van der Waals surface area contributed by atoms with Crippen molar-refractivity contribution in [3.8, 4) is 0 Å². The highest BCUT2D eigenvalue weighted by atomic mass is 16.5. The van der Waals surface area contributed by atoms with Crippen molar-refractivity contribution in [3.05, 3.63) is 0 Å². The molecule has 0 radical (unpaired) electrons. The molecule has 0 bridgehead atoms. The molecule has 1 aliphatic rings. The van der Waals surface area contributed by atoms with Crippen LogP contribution in [0.2, 0.25) is 0 Å². The van der Waals surface area contributed by atoms with Gasteiger partial charge in [0.25, 0.3) is 0 Å². The van der Waals surface area contributed by atoms with Crippen molar-refractivity contribution in [3.63, 3.8) is 0 Å². The summed E-state index contributed by atoms with van der Waals surface area (Å²) in [6.45, 7) is 4.65. The zero-order valence-corrected chi connectivity index (χ0v) is 10.6. The van der Waals surface area contributed by atoms with E-state index in [-0.39, 0.29) is 30.5 Å². The number of methoxy groups -OCH3 is 1. The number of nitrogens with zero attached hydrogens (tertiary/aromatic N) is 1. The van der Waals surface area contributed by atoms with Gasteiger partial charge in [0.2, 0.25) is 11.8 Å². The fourth-order valence-corrected chi connectivity index (χ4v) is 1.89. The van der Waals surface area contributed by atoms with E-state index >= 15 is 0 Å². The van der Waals surface area contributed by atoms with Crippen LogP contribution in [0.5, 0.6) is 0 Å². The average molecular weight is 243 g/mol. The standard InChI is InChI=1S/C11H21N3O3/c1-7(2)14-5-8(4-10(14)15)13-11(16)9(12)6-17-3/h7-9H,4-6,12H2,1-3H3,(H,13,16). The zero-order chi connectivity index (χ0) is 13.0. The topological polar surface area (TPSA) is 84.7 Å². The summed E-state index contributed by atoms with van der Waals surface area (Å²) >= 11 is 0. The Bertz CT molecular complexity index is 294. The first-order valence-electron chi connectivity index (χ1n) is 5.80. The average Bonchev–Trinajstić information content (AvgIpc) is 2.59. The molecule has 2 amide bonds. The van der Waals surface area contributed by atoms with Gasteiger partial charge in [-0.2, -0.15) is 0 Å². The van der Waals surface area contributed by atoms with Crippen LogP contribution in [-0.2, 0) is 14.3 Å². The molecule has 2 atom stereocenters. The van der Waals surface area contributed by atoms with Crippen LogP contribution >= 0.6 is 0 Å². The summed E-state index contributed by atoms with van der Waals surface area (Å²) in [7, 11) is 1.49. The molecule has 1 aliphatic heterocycles. The van der Waals surface area contributed by atoms with Crippen molar-refractivity contribution < 1.29 is 14.3 Å². The minimum atomic E-state index is -0.678. The number of hydrogen-bond donors (Lipinski definition) is 2. The van der Waals surface area contributed by atoms with E-state index in [4.69, 9.17) is 10.5 Å². The normalized spacial score (nSPS) is 22.1. The molecule has 6 nitrogen and oxygen atoms in total. The van der Waals surface area contributed by atoms with Gasteiger partial charge in [0.15, 0.2) is 0 Å². The second-order valence-corrected chi connectivity index (χ2v) is 4.61. The predicted octanol–water partition coefficient (Wildman–Crippen LogP) is -0.914. The third-order valence-electron chi connectivity index (χ3n) is 2.81. The molecule has 0 aromatic heterocycles. The Balaban J connectivity index is 2.44. The van der Waals surface area contributed by atoms with Crippen molar-refractivity contribution in [1.29, 1.82) is 0 Å².